The van der Waals surface area contributed by atoms with E-state index in [-0.39, 0.29) is 15.9 Å². The summed E-state index contributed by atoms with van der Waals surface area (Å²) in [5.41, 5.74) is 0.00105. The third-order valence-electron chi connectivity index (χ3n) is 2.59. The Morgan fingerprint density at radius 1 is 1.33 bits per heavy atom. The molecule has 0 aliphatic heterocycles. The molecule has 0 radical (unpaired) electrons. The van der Waals surface area contributed by atoms with Crippen molar-refractivity contribution in [2.45, 2.75) is 6.92 Å². The number of benzene rings is 1. The van der Waals surface area contributed by atoms with Crippen LogP contribution in [0.15, 0.2) is 34.8 Å². The van der Waals surface area contributed by atoms with Gasteiger partial charge in [0.1, 0.15) is 17.3 Å². The maximum atomic E-state index is 13.7. The van der Waals surface area contributed by atoms with E-state index in [4.69, 9.17) is 0 Å². The minimum absolute atomic E-state index is 0.121. The predicted octanol–water partition coefficient (Wildman–Crippen LogP) is 3.81. The van der Waals surface area contributed by atoms with Gasteiger partial charge >= 0.3 is 0 Å². The summed E-state index contributed by atoms with van der Waals surface area (Å²) < 4.78 is 26.8. The van der Waals surface area contributed by atoms with Gasteiger partial charge in [0.05, 0.1) is 5.69 Å². The molecule has 1 aromatic carbocycles. The van der Waals surface area contributed by atoms with Crippen LogP contribution in [0.2, 0.25) is 0 Å². The van der Waals surface area contributed by atoms with Crippen LogP contribution < -0.4 is 10.6 Å². The number of pyridine rings is 1. The molecule has 0 fully saturated rings. The van der Waals surface area contributed by atoms with Gasteiger partial charge in [-0.1, -0.05) is 6.07 Å². The lowest BCUT2D eigenvalue weighted by Crippen LogP contribution is -2.16. The molecule has 2 rings (SSSR count). The van der Waals surface area contributed by atoms with Gasteiger partial charge in [0, 0.05) is 17.1 Å². The van der Waals surface area contributed by atoms with Crippen LogP contribution in [0.3, 0.4) is 0 Å². The van der Waals surface area contributed by atoms with Crippen molar-refractivity contribution in [2.24, 2.45) is 0 Å². The number of hydrogen-bond acceptors (Lipinski definition) is 3. The topological polar surface area (TPSA) is 54.0 Å². The SMILES string of the molecule is CCNc1cccc(C(=O)Nc2c(F)cc(F)cc2Br)n1. The van der Waals surface area contributed by atoms with E-state index in [9.17, 15) is 13.6 Å². The summed E-state index contributed by atoms with van der Waals surface area (Å²) >= 11 is 3.01. The molecule has 0 aliphatic rings. The van der Waals surface area contributed by atoms with Crippen molar-refractivity contribution >= 4 is 33.3 Å². The Hall–Kier alpha value is -2.02. The second kappa shape index (κ2) is 6.62. The third-order valence-corrected chi connectivity index (χ3v) is 3.21. The summed E-state index contributed by atoms with van der Waals surface area (Å²) in [5.74, 6) is -1.63. The molecule has 0 unspecified atom stereocenters. The van der Waals surface area contributed by atoms with Crippen LogP contribution in [0.1, 0.15) is 17.4 Å². The highest BCUT2D eigenvalue weighted by Gasteiger charge is 2.15. The van der Waals surface area contributed by atoms with Crippen molar-refractivity contribution in [3.8, 4) is 0 Å². The number of aromatic nitrogens is 1. The van der Waals surface area contributed by atoms with E-state index in [2.05, 4.69) is 31.5 Å². The molecule has 0 aliphatic carbocycles. The number of nitrogens with one attached hydrogen (secondary N) is 2. The van der Waals surface area contributed by atoms with E-state index in [1.54, 1.807) is 12.1 Å². The molecule has 1 aromatic heterocycles. The summed E-state index contributed by atoms with van der Waals surface area (Å²) in [6, 6.07) is 6.65. The molecule has 0 bridgehead atoms. The quantitative estimate of drug-likeness (QED) is 0.876. The Morgan fingerprint density at radius 3 is 2.76 bits per heavy atom. The standard InChI is InChI=1S/C14H12BrF2N3O/c1-2-18-12-5-3-4-11(19-12)14(21)20-13-9(15)6-8(16)7-10(13)17/h3-7H,2H2,1H3,(H,18,19)(H,20,21). The number of halogens is 3. The van der Waals surface area contributed by atoms with E-state index in [0.717, 1.165) is 6.07 Å². The van der Waals surface area contributed by atoms with E-state index < -0.39 is 17.5 Å². The zero-order chi connectivity index (χ0) is 15.4. The lowest BCUT2D eigenvalue weighted by atomic mass is 10.2. The summed E-state index contributed by atoms with van der Waals surface area (Å²) in [7, 11) is 0. The van der Waals surface area contributed by atoms with Gasteiger partial charge in [0.15, 0.2) is 5.82 Å². The number of anilines is 2. The van der Waals surface area contributed by atoms with E-state index in [1.165, 1.54) is 6.07 Å². The van der Waals surface area contributed by atoms with Crippen molar-refractivity contribution in [2.75, 3.05) is 17.2 Å². The lowest BCUT2D eigenvalue weighted by molar-refractivity contribution is 0.102. The fourth-order valence-corrected chi connectivity index (χ4v) is 2.19. The number of hydrogen-bond donors (Lipinski definition) is 2. The Balaban J connectivity index is 2.24. The highest BCUT2D eigenvalue weighted by molar-refractivity contribution is 9.10. The summed E-state index contributed by atoms with van der Waals surface area (Å²) in [6.45, 7) is 2.57. The first-order valence-electron chi connectivity index (χ1n) is 6.18. The molecule has 0 spiro atoms. The van der Waals surface area contributed by atoms with Crippen LogP contribution in [-0.4, -0.2) is 17.4 Å². The summed E-state index contributed by atoms with van der Waals surface area (Å²) in [4.78, 5) is 16.2. The lowest BCUT2D eigenvalue weighted by Gasteiger charge is -2.09. The number of rotatable bonds is 4. The molecule has 0 saturated heterocycles. The highest BCUT2D eigenvalue weighted by Crippen LogP contribution is 2.27. The van der Waals surface area contributed by atoms with Crippen LogP contribution in [0, 0.1) is 11.6 Å². The minimum atomic E-state index is -0.863. The largest absolute Gasteiger partial charge is 0.370 e. The maximum absolute atomic E-state index is 13.7. The second-order valence-electron chi connectivity index (χ2n) is 4.14. The van der Waals surface area contributed by atoms with Gasteiger partial charge in [0.25, 0.3) is 5.91 Å². The van der Waals surface area contributed by atoms with Gasteiger partial charge in [-0.15, -0.1) is 0 Å². The number of carbonyl (C=O) groups is 1. The minimum Gasteiger partial charge on any atom is -0.370 e. The van der Waals surface area contributed by atoms with Gasteiger partial charge in [-0.05, 0) is 41.1 Å². The van der Waals surface area contributed by atoms with Crippen LogP contribution in [-0.2, 0) is 0 Å². The van der Waals surface area contributed by atoms with Gasteiger partial charge in [0.2, 0.25) is 0 Å². The van der Waals surface area contributed by atoms with E-state index >= 15 is 0 Å². The Kier molecular flexibility index (Phi) is 4.85. The normalized spacial score (nSPS) is 10.3. The van der Waals surface area contributed by atoms with Crippen molar-refractivity contribution in [1.82, 2.24) is 4.98 Å². The van der Waals surface area contributed by atoms with E-state index in [0.29, 0.717) is 18.4 Å². The Morgan fingerprint density at radius 2 is 2.10 bits per heavy atom. The van der Waals surface area contributed by atoms with Gasteiger partial charge in [-0.25, -0.2) is 13.8 Å². The predicted molar refractivity (Wildman–Crippen MR) is 80.4 cm³/mol. The number of amides is 1. The molecule has 1 heterocycles. The fourth-order valence-electron chi connectivity index (χ4n) is 1.68. The van der Waals surface area contributed by atoms with Crippen LogP contribution in [0.25, 0.3) is 0 Å². The molecule has 110 valence electrons. The smallest absolute Gasteiger partial charge is 0.274 e. The highest BCUT2D eigenvalue weighted by atomic mass is 79.9. The van der Waals surface area contributed by atoms with Crippen LogP contribution >= 0.6 is 15.9 Å². The first-order valence-corrected chi connectivity index (χ1v) is 6.97. The average molecular weight is 356 g/mol. The monoisotopic (exact) mass is 355 g/mol. The average Bonchev–Trinajstić information content (AvgIpc) is 2.43. The number of nitrogens with zero attached hydrogens (tertiary/aromatic N) is 1. The van der Waals surface area contributed by atoms with E-state index in [1.807, 2.05) is 6.92 Å². The van der Waals surface area contributed by atoms with Crippen LogP contribution in [0.5, 0.6) is 0 Å². The second-order valence-corrected chi connectivity index (χ2v) is 4.99. The van der Waals surface area contributed by atoms with Gasteiger partial charge in [-0.2, -0.15) is 0 Å². The van der Waals surface area contributed by atoms with Crippen molar-refractivity contribution in [1.29, 1.82) is 0 Å². The molecule has 1 amide bonds. The first kappa shape index (κ1) is 15.4. The summed E-state index contributed by atoms with van der Waals surface area (Å²) in [5, 5.41) is 5.35. The zero-order valence-corrected chi connectivity index (χ0v) is 12.7. The molecule has 4 nitrogen and oxygen atoms in total. The maximum Gasteiger partial charge on any atom is 0.274 e. The molecule has 2 aromatic rings. The molecule has 0 atom stereocenters. The first-order chi connectivity index (χ1) is 10.0. The molecular formula is C14H12BrF2N3O. The Bertz CT molecular complexity index is 656. The summed E-state index contributed by atoms with van der Waals surface area (Å²) in [6.07, 6.45) is 0. The Labute approximate surface area is 128 Å². The van der Waals surface area contributed by atoms with Crippen molar-refractivity contribution in [3.05, 3.63) is 52.1 Å². The fraction of sp³-hybridized carbons (Fsp3) is 0.143. The zero-order valence-electron chi connectivity index (χ0n) is 11.1. The van der Waals surface area contributed by atoms with Crippen LogP contribution in [0.4, 0.5) is 20.3 Å². The van der Waals surface area contributed by atoms with Crippen molar-refractivity contribution < 1.29 is 13.6 Å². The third kappa shape index (κ3) is 3.75. The molecule has 0 saturated carbocycles. The van der Waals surface area contributed by atoms with Gasteiger partial charge in [-0.3, -0.25) is 4.79 Å². The molecule has 2 N–H and O–H groups in total. The molecule has 21 heavy (non-hydrogen) atoms. The number of carbonyl (C=O) groups excluding carboxylic acids is 1. The molecule has 7 heteroatoms. The molecular weight excluding hydrogens is 344 g/mol. The van der Waals surface area contributed by atoms with Crippen molar-refractivity contribution in [3.63, 3.8) is 0 Å². The van der Waals surface area contributed by atoms with Gasteiger partial charge < -0.3 is 10.6 Å².